The highest BCUT2D eigenvalue weighted by Crippen LogP contribution is 2.13. The lowest BCUT2D eigenvalue weighted by Gasteiger charge is -2.09. The Morgan fingerprint density at radius 3 is 2.45 bits per heavy atom. The van der Waals surface area contributed by atoms with Gasteiger partial charge in [-0.2, -0.15) is 0 Å². The van der Waals surface area contributed by atoms with Crippen LogP contribution < -0.4 is 10.9 Å². The highest BCUT2D eigenvalue weighted by Gasteiger charge is 2.07. The van der Waals surface area contributed by atoms with Crippen LogP contribution in [0.3, 0.4) is 0 Å². The Morgan fingerprint density at radius 2 is 1.86 bits per heavy atom. The topological polar surface area (TPSA) is 64.0 Å². The molecule has 0 fully saturated rings. The van der Waals surface area contributed by atoms with E-state index >= 15 is 0 Å². The molecule has 1 N–H and O–H groups in total. The predicted octanol–water partition coefficient (Wildman–Crippen LogP) is 2.45. The zero-order chi connectivity index (χ0) is 16.1. The van der Waals surface area contributed by atoms with Gasteiger partial charge in [0.05, 0.1) is 6.33 Å². The van der Waals surface area contributed by atoms with E-state index in [0.29, 0.717) is 0 Å². The van der Waals surface area contributed by atoms with E-state index < -0.39 is 0 Å². The van der Waals surface area contributed by atoms with Gasteiger partial charge in [0.15, 0.2) is 0 Å². The highest BCUT2D eigenvalue weighted by atomic mass is 16.2. The molecule has 0 aliphatic rings. The van der Waals surface area contributed by atoms with Crippen molar-refractivity contribution in [2.45, 2.75) is 40.2 Å². The largest absolute Gasteiger partial charge is 0.325 e. The van der Waals surface area contributed by atoms with Gasteiger partial charge in [0.2, 0.25) is 5.91 Å². The standard InChI is InChI=1S/C17H21N3O2/c1-4-5-14-9-17(22)20(11-18-14)10-16(21)19-15-7-12(2)6-13(3)8-15/h6-9,11H,4-5,10H2,1-3H3,(H,19,21). The molecule has 1 aromatic heterocycles. The molecule has 0 saturated heterocycles. The Bertz CT molecular complexity index is 715. The first-order valence-corrected chi connectivity index (χ1v) is 7.41. The summed E-state index contributed by atoms with van der Waals surface area (Å²) in [5.41, 5.74) is 3.47. The molecule has 0 bridgehead atoms. The van der Waals surface area contributed by atoms with Crippen molar-refractivity contribution in [2.24, 2.45) is 0 Å². The summed E-state index contributed by atoms with van der Waals surface area (Å²) in [6, 6.07) is 7.33. The number of benzene rings is 1. The van der Waals surface area contributed by atoms with E-state index in [1.54, 1.807) is 0 Å². The fourth-order valence-electron chi connectivity index (χ4n) is 2.38. The van der Waals surface area contributed by atoms with Crippen LogP contribution in [0.4, 0.5) is 5.69 Å². The number of nitrogens with zero attached hydrogens (tertiary/aromatic N) is 2. The minimum Gasteiger partial charge on any atom is -0.325 e. The summed E-state index contributed by atoms with van der Waals surface area (Å²) in [6.45, 7) is 5.95. The molecule has 116 valence electrons. The lowest BCUT2D eigenvalue weighted by molar-refractivity contribution is -0.116. The molecule has 2 rings (SSSR count). The third-order valence-electron chi connectivity index (χ3n) is 3.26. The van der Waals surface area contributed by atoms with Crippen molar-refractivity contribution in [2.75, 3.05) is 5.32 Å². The van der Waals surface area contributed by atoms with Gasteiger partial charge in [-0.25, -0.2) is 4.98 Å². The van der Waals surface area contributed by atoms with E-state index in [-0.39, 0.29) is 18.0 Å². The average Bonchev–Trinajstić information content (AvgIpc) is 2.41. The van der Waals surface area contributed by atoms with Gasteiger partial charge in [-0.3, -0.25) is 14.2 Å². The zero-order valence-corrected chi connectivity index (χ0v) is 13.2. The second-order valence-corrected chi connectivity index (χ2v) is 5.52. The molecule has 5 heteroatoms. The molecule has 0 aliphatic carbocycles. The van der Waals surface area contributed by atoms with Gasteiger partial charge in [-0.1, -0.05) is 19.4 Å². The van der Waals surface area contributed by atoms with Crippen LogP contribution in [-0.4, -0.2) is 15.5 Å². The zero-order valence-electron chi connectivity index (χ0n) is 13.2. The summed E-state index contributed by atoms with van der Waals surface area (Å²) < 4.78 is 1.32. The van der Waals surface area contributed by atoms with Crippen LogP contribution in [0.15, 0.2) is 35.4 Å². The number of carbonyl (C=O) groups is 1. The summed E-state index contributed by atoms with van der Waals surface area (Å²) in [5.74, 6) is -0.239. The van der Waals surface area contributed by atoms with Gasteiger partial charge in [-0.15, -0.1) is 0 Å². The van der Waals surface area contributed by atoms with Crippen LogP contribution in [0.2, 0.25) is 0 Å². The SMILES string of the molecule is CCCc1cc(=O)n(CC(=O)Nc2cc(C)cc(C)c2)cn1. The molecule has 5 nitrogen and oxygen atoms in total. The van der Waals surface area contributed by atoms with E-state index in [1.807, 2.05) is 39.0 Å². The minimum atomic E-state index is -0.239. The van der Waals surface area contributed by atoms with Gasteiger partial charge in [-0.05, 0) is 43.5 Å². The van der Waals surface area contributed by atoms with E-state index in [1.165, 1.54) is 17.0 Å². The molecule has 2 aromatic rings. The molecule has 22 heavy (non-hydrogen) atoms. The molecule has 0 aliphatic heterocycles. The first kappa shape index (κ1) is 15.9. The summed E-state index contributed by atoms with van der Waals surface area (Å²) in [7, 11) is 0. The van der Waals surface area contributed by atoms with Crippen LogP contribution in [0.1, 0.15) is 30.2 Å². The summed E-state index contributed by atoms with van der Waals surface area (Å²) in [5, 5.41) is 2.81. The molecule has 1 amide bonds. The van der Waals surface area contributed by atoms with Gasteiger partial charge >= 0.3 is 0 Å². The van der Waals surface area contributed by atoms with Crippen molar-refractivity contribution in [3.8, 4) is 0 Å². The molecule has 1 heterocycles. The first-order valence-electron chi connectivity index (χ1n) is 7.41. The maximum atomic E-state index is 12.1. The van der Waals surface area contributed by atoms with E-state index in [9.17, 15) is 9.59 Å². The second kappa shape index (κ2) is 7.02. The number of hydrogen-bond acceptors (Lipinski definition) is 3. The lowest BCUT2D eigenvalue weighted by Crippen LogP contribution is -2.27. The molecule has 0 unspecified atom stereocenters. The predicted molar refractivity (Wildman–Crippen MR) is 87.0 cm³/mol. The van der Waals surface area contributed by atoms with Gasteiger partial charge in [0.25, 0.3) is 5.56 Å². The van der Waals surface area contributed by atoms with Crippen molar-refractivity contribution >= 4 is 11.6 Å². The third kappa shape index (κ3) is 4.28. The van der Waals surface area contributed by atoms with Gasteiger partial charge in [0.1, 0.15) is 6.54 Å². The van der Waals surface area contributed by atoms with E-state index in [4.69, 9.17) is 0 Å². The summed E-state index contributed by atoms with van der Waals surface area (Å²) >= 11 is 0. The highest BCUT2D eigenvalue weighted by molar-refractivity contribution is 5.90. The Morgan fingerprint density at radius 1 is 1.18 bits per heavy atom. The molecule has 0 saturated carbocycles. The van der Waals surface area contributed by atoms with Crippen LogP contribution >= 0.6 is 0 Å². The van der Waals surface area contributed by atoms with Gasteiger partial charge in [0, 0.05) is 17.4 Å². The molecule has 1 aromatic carbocycles. The first-order chi connectivity index (χ1) is 10.5. The second-order valence-electron chi connectivity index (χ2n) is 5.52. The van der Waals surface area contributed by atoms with Crippen LogP contribution in [0.5, 0.6) is 0 Å². The Balaban J connectivity index is 2.07. The number of carbonyl (C=O) groups excluding carboxylic acids is 1. The fourth-order valence-corrected chi connectivity index (χ4v) is 2.38. The normalized spacial score (nSPS) is 10.5. The molecular formula is C17H21N3O2. The number of aromatic nitrogens is 2. The minimum absolute atomic E-state index is 0.0365. The van der Waals surface area contributed by atoms with Crippen molar-refractivity contribution in [1.82, 2.24) is 9.55 Å². The molecule has 0 atom stereocenters. The summed E-state index contributed by atoms with van der Waals surface area (Å²) in [4.78, 5) is 28.2. The van der Waals surface area contributed by atoms with E-state index in [0.717, 1.165) is 35.3 Å². The smallest absolute Gasteiger partial charge is 0.253 e. The number of nitrogens with one attached hydrogen (secondary N) is 1. The molecular weight excluding hydrogens is 278 g/mol. The number of anilines is 1. The van der Waals surface area contributed by atoms with Crippen molar-refractivity contribution in [1.29, 1.82) is 0 Å². The van der Waals surface area contributed by atoms with Crippen LogP contribution in [0, 0.1) is 13.8 Å². The quantitative estimate of drug-likeness (QED) is 0.922. The number of hydrogen-bond donors (Lipinski definition) is 1. The molecule has 0 radical (unpaired) electrons. The Kier molecular flexibility index (Phi) is 5.09. The monoisotopic (exact) mass is 299 g/mol. The summed E-state index contributed by atoms with van der Waals surface area (Å²) in [6.07, 6.45) is 3.14. The number of aryl methyl sites for hydroxylation is 3. The third-order valence-corrected chi connectivity index (χ3v) is 3.26. The van der Waals surface area contributed by atoms with E-state index in [2.05, 4.69) is 10.3 Å². The number of rotatable bonds is 5. The Hall–Kier alpha value is -2.43. The number of amides is 1. The van der Waals surface area contributed by atoms with Crippen molar-refractivity contribution in [3.63, 3.8) is 0 Å². The van der Waals surface area contributed by atoms with Crippen molar-refractivity contribution < 1.29 is 4.79 Å². The molecule has 0 spiro atoms. The van der Waals surface area contributed by atoms with Crippen LogP contribution in [0.25, 0.3) is 0 Å². The van der Waals surface area contributed by atoms with Gasteiger partial charge < -0.3 is 5.32 Å². The average molecular weight is 299 g/mol. The maximum Gasteiger partial charge on any atom is 0.253 e. The Labute approximate surface area is 130 Å². The lowest BCUT2D eigenvalue weighted by atomic mass is 10.1. The van der Waals surface area contributed by atoms with Crippen molar-refractivity contribution in [3.05, 3.63) is 57.8 Å². The van der Waals surface area contributed by atoms with Crippen LogP contribution in [-0.2, 0) is 17.8 Å². The maximum absolute atomic E-state index is 12.1. The fraction of sp³-hybridized carbons (Fsp3) is 0.353.